The fourth-order valence-electron chi connectivity index (χ4n) is 1.91. The third-order valence-corrected chi connectivity index (χ3v) is 4.61. The molecule has 0 saturated carbocycles. The summed E-state index contributed by atoms with van der Waals surface area (Å²) in [7, 11) is -2.22. The number of nitrogens with zero attached hydrogens (tertiary/aromatic N) is 3. The van der Waals surface area contributed by atoms with Crippen molar-refractivity contribution in [2.45, 2.75) is 18.4 Å². The average Bonchev–Trinajstić information content (AvgIpc) is 2.72. The van der Waals surface area contributed by atoms with Crippen LogP contribution in [0.25, 0.3) is 0 Å². The first-order valence-electron chi connectivity index (χ1n) is 6.26. The van der Waals surface area contributed by atoms with Crippen molar-refractivity contribution in [2.24, 2.45) is 12.8 Å². The van der Waals surface area contributed by atoms with Crippen LogP contribution in [0, 0.1) is 17.0 Å². The van der Waals surface area contributed by atoms with Crippen molar-refractivity contribution in [3.05, 3.63) is 45.6 Å². The number of non-ortho nitro benzene ring substituents is 1. The maximum atomic E-state index is 12.3. The van der Waals surface area contributed by atoms with Gasteiger partial charge in [0.15, 0.2) is 5.82 Å². The second kappa shape index (κ2) is 5.73. The molecule has 1 aromatic heterocycles. The van der Waals surface area contributed by atoms with Crippen LogP contribution in [0.5, 0.6) is 0 Å². The first kappa shape index (κ1) is 15.9. The number of sulfonamides is 1. The van der Waals surface area contributed by atoms with Crippen molar-refractivity contribution in [1.82, 2.24) is 9.78 Å². The Morgan fingerprint density at radius 3 is 2.45 bits per heavy atom. The summed E-state index contributed by atoms with van der Waals surface area (Å²) >= 11 is 0. The molecule has 1 heterocycles. The zero-order valence-electron chi connectivity index (χ0n) is 12.0. The van der Waals surface area contributed by atoms with E-state index in [1.165, 1.54) is 16.8 Å². The predicted molar refractivity (Wildman–Crippen MR) is 79.7 cm³/mol. The molecule has 118 valence electrons. The summed E-state index contributed by atoms with van der Waals surface area (Å²) in [6, 6.07) is 4.58. The molecule has 1 aromatic carbocycles. The lowest BCUT2D eigenvalue weighted by molar-refractivity contribution is -0.384. The number of nitro benzene ring substituents is 1. The topological polar surface area (TPSA) is 133 Å². The maximum Gasteiger partial charge on any atom is 0.269 e. The zero-order valence-corrected chi connectivity index (χ0v) is 12.8. The Bertz CT molecular complexity index is 811. The van der Waals surface area contributed by atoms with Gasteiger partial charge in [-0.1, -0.05) is 0 Å². The summed E-state index contributed by atoms with van der Waals surface area (Å²) < 4.78 is 28.5. The van der Waals surface area contributed by atoms with Crippen molar-refractivity contribution in [1.29, 1.82) is 0 Å². The monoisotopic (exact) mass is 325 g/mol. The van der Waals surface area contributed by atoms with Crippen LogP contribution in [0.4, 0.5) is 11.5 Å². The highest BCUT2D eigenvalue weighted by Crippen LogP contribution is 2.22. The van der Waals surface area contributed by atoms with Gasteiger partial charge in [0.05, 0.1) is 9.82 Å². The van der Waals surface area contributed by atoms with Crippen molar-refractivity contribution in [3.8, 4) is 0 Å². The SMILES string of the molecule is Cc1c(CN)c(NS(=O)(=O)c2ccc([N+](=O)[O-])cc2)nn1C. The van der Waals surface area contributed by atoms with Crippen LogP contribution < -0.4 is 10.5 Å². The van der Waals surface area contributed by atoms with Gasteiger partial charge in [0, 0.05) is 37.0 Å². The van der Waals surface area contributed by atoms with Gasteiger partial charge in [-0.2, -0.15) is 5.10 Å². The number of aryl methyl sites for hydroxylation is 1. The van der Waals surface area contributed by atoms with Crippen molar-refractivity contribution in [2.75, 3.05) is 4.72 Å². The first-order valence-corrected chi connectivity index (χ1v) is 7.74. The lowest BCUT2D eigenvalue weighted by Gasteiger charge is -2.07. The Morgan fingerprint density at radius 2 is 1.95 bits per heavy atom. The van der Waals surface area contributed by atoms with E-state index in [1.807, 2.05) is 0 Å². The predicted octanol–water partition coefficient (Wildman–Crippen LogP) is 0.896. The molecule has 0 radical (unpaired) electrons. The summed E-state index contributed by atoms with van der Waals surface area (Å²) in [5.74, 6) is 0.154. The molecule has 0 saturated heterocycles. The van der Waals surface area contributed by atoms with Crippen LogP contribution in [-0.4, -0.2) is 23.1 Å². The van der Waals surface area contributed by atoms with Gasteiger partial charge in [-0.25, -0.2) is 8.42 Å². The molecule has 0 aliphatic carbocycles. The largest absolute Gasteiger partial charge is 0.326 e. The second-order valence-corrected chi connectivity index (χ2v) is 6.28. The molecule has 0 aliphatic rings. The van der Waals surface area contributed by atoms with Gasteiger partial charge in [0.25, 0.3) is 15.7 Å². The van der Waals surface area contributed by atoms with E-state index >= 15 is 0 Å². The molecule has 9 nitrogen and oxygen atoms in total. The Labute approximate surface area is 126 Å². The van der Waals surface area contributed by atoms with Crippen molar-refractivity contribution < 1.29 is 13.3 Å². The van der Waals surface area contributed by atoms with Gasteiger partial charge in [0.1, 0.15) is 0 Å². The molecule has 0 unspecified atom stereocenters. The number of nitrogens with one attached hydrogen (secondary N) is 1. The van der Waals surface area contributed by atoms with Crippen LogP contribution in [-0.2, 0) is 23.6 Å². The summed E-state index contributed by atoms with van der Waals surface area (Å²) in [4.78, 5) is 9.90. The highest BCUT2D eigenvalue weighted by atomic mass is 32.2. The molecular weight excluding hydrogens is 310 g/mol. The van der Waals surface area contributed by atoms with Crippen molar-refractivity contribution >= 4 is 21.5 Å². The van der Waals surface area contributed by atoms with E-state index in [-0.39, 0.29) is 22.9 Å². The number of anilines is 1. The summed E-state index contributed by atoms with van der Waals surface area (Å²) in [6.07, 6.45) is 0. The lowest BCUT2D eigenvalue weighted by Crippen LogP contribution is -2.15. The van der Waals surface area contributed by atoms with Crippen LogP contribution in [0.15, 0.2) is 29.2 Å². The van der Waals surface area contributed by atoms with E-state index < -0.39 is 14.9 Å². The molecule has 0 spiro atoms. The van der Waals surface area contributed by atoms with Gasteiger partial charge in [0.2, 0.25) is 0 Å². The van der Waals surface area contributed by atoms with Gasteiger partial charge < -0.3 is 5.73 Å². The molecule has 0 fully saturated rings. The lowest BCUT2D eigenvalue weighted by atomic mass is 10.2. The van der Waals surface area contributed by atoms with E-state index in [1.54, 1.807) is 14.0 Å². The minimum absolute atomic E-state index is 0.0932. The van der Waals surface area contributed by atoms with Crippen molar-refractivity contribution in [3.63, 3.8) is 0 Å². The van der Waals surface area contributed by atoms with E-state index in [0.29, 0.717) is 5.56 Å². The molecule has 0 amide bonds. The number of nitrogens with two attached hydrogens (primary N) is 1. The zero-order chi connectivity index (χ0) is 16.5. The van der Waals surface area contributed by atoms with Crippen LogP contribution in [0.2, 0.25) is 0 Å². The minimum atomic E-state index is -3.90. The van der Waals surface area contributed by atoms with Gasteiger partial charge >= 0.3 is 0 Å². The van der Waals surface area contributed by atoms with E-state index in [9.17, 15) is 18.5 Å². The Kier molecular flexibility index (Phi) is 4.15. The molecule has 0 aliphatic heterocycles. The Balaban J connectivity index is 2.35. The second-order valence-electron chi connectivity index (χ2n) is 4.60. The number of hydrogen-bond donors (Lipinski definition) is 2. The van der Waals surface area contributed by atoms with Gasteiger partial charge in [-0.15, -0.1) is 0 Å². The van der Waals surface area contributed by atoms with Crippen LogP contribution in [0.3, 0.4) is 0 Å². The van der Waals surface area contributed by atoms with E-state index in [2.05, 4.69) is 9.82 Å². The molecule has 22 heavy (non-hydrogen) atoms. The molecule has 0 bridgehead atoms. The molecule has 0 atom stereocenters. The van der Waals surface area contributed by atoms with Crippen LogP contribution in [0.1, 0.15) is 11.3 Å². The summed E-state index contributed by atoms with van der Waals surface area (Å²) in [5, 5.41) is 14.7. The van der Waals surface area contributed by atoms with E-state index in [4.69, 9.17) is 5.73 Å². The summed E-state index contributed by atoms with van der Waals surface area (Å²) in [5.41, 5.74) is 6.77. The number of hydrogen-bond acceptors (Lipinski definition) is 6. The van der Waals surface area contributed by atoms with Crippen LogP contribution >= 0.6 is 0 Å². The number of nitro groups is 1. The standard InChI is InChI=1S/C12H15N5O4S/c1-8-11(7-13)12(14-16(8)2)15-22(20,21)10-5-3-9(4-6-10)17(18)19/h3-6H,7,13H2,1-2H3,(H,14,15). The highest BCUT2D eigenvalue weighted by molar-refractivity contribution is 7.92. The number of aromatic nitrogens is 2. The molecular formula is C12H15N5O4S. The fraction of sp³-hybridized carbons (Fsp3) is 0.250. The minimum Gasteiger partial charge on any atom is -0.326 e. The quantitative estimate of drug-likeness (QED) is 0.619. The van der Waals surface area contributed by atoms with Gasteiger partial charge in [-0.05, 0) is 19.1 Å². The first-order chi connectivity index (χ1) is 10.3. The fourth-order valence-corrected chi connectivity index (χ4v) is 2.94. The number of rotatable bonds is 5. The molecule has 10 heteroatoms. The van der Waals surface area contributed by atoms with E-state index in [0.717, 1.165) is 17.8 Å². The highest BCUT2D eigenvalue weighted by Gasteiger charge is 2.20. The smallest absolute Gasteiger partial charge is 0.269 e. The third-order valence-electron chi connectivity index (χ3n) is 3.25. The Morgan fingerprint density at radius 1 is 1.36 bits per heavy atom. The number of benzene rings is 1. The molecule has 2 rings (SSSR count). The normalized spacial score (nSPS) is 11.4. The molecule has 2 aromatic rings. The average molecular weight is 325 g/mol. The Hall–Kier alpha value is -2.46. The molecule has 3 N–H and O–H groups in total. The summed E-state index contributed by atoms with van der Waals surface area (Å²) in [6.45, 7) is 1.91. The maximum absolute atomic E-state index is 12.3. The van der Waals surface area contributed by atoms with Gasteiger partial charge in [-0.3, -0.25) is 19.5 Å². The third kappa shape index (κ3) is 2.92.